The molecular weight excluding hydrogens is 328 g/mol. The molecule has 0 saturated heterocycles. The summed E-state index contributed by atoms with van der Waals surface area (Å²) in [6, 6.07) is 11.0. The van der Waals surface area contributed by atoms with Crippen LogP contribution in [0.3, 0.4) is 0 Å². The van der Waals surface area contributed by atoms with Crippen molar-refractivity contribution in [3.05, 3.63) is 53.6 Å². The summed E-state index contributed by atoms with van der Waals surface area (Å²) in [4.78, 5) is 11.9. The number of ether oxygens (including phenoxy) is 1. The van der Waals surface area contributed by atoms with E-state index in [1.807, 2.05) is 6.92 Å². The molecule has 2 aromatic carbocycles. The molecule has 0 aliphatic carbocycles. The topological polar surface area (TPSA) is 84.5 Å². The molecule has 0 spiro atoms. The van der Waals surface area contributed by atoms with Crippen molar-refractivity contribution in [3.63, 3.8) is 0 Å². The van der Waals surface area contributed by atoms with Gasteiger partial charge in [0.25, 0.3) is 15.9 Å². The Labute approximate surface area is 141 Å². The third kappa shape index (κ3) is 4.05. The molecule has 0 bridgehead atoms. The van der Waals surface area contributed by atoms with Crippen molar-refractivity contribution in [1.29, 1.82) is 0 Å². The first-order valence-electron chi connectivity index (χ1n) is 7.43. The maximum atomic E-state index is 12.5. The van der Waals surface area contributed by atoms with Gasteiger partial charge in [-0.15, -0.1) is 0 Å². The summed E-state index contributed by atoms with van der Waals surface area (Å²) in [6.45, 7) is 4.07. The number of sulfonamides is 1. The van der Waals surface area contributed by atoms with Crippen LogP contribution in [0.1, 0.15) is 22.8 Å². The lowest BCUT2D eigenvalue weighted by molar-refractivity contribution is 0.0956. The Morgan fingerprint density at radius 2 is 1.79 bits per heavy atom. The first-order valence-corrected chi connectivity index (χ1v) is 8.91. The highest BCUT2D eigenvalue weighted by Crippen LogP contribution is 2.23. The summed E-state index contributed by atoms with van der Waals surface area (Å²) >= 11 is 0. The van der Waals surface area contributed by atoms with Crippen LogP contribution in [0, 0.1) is 6.92 Å². The van der Waals surface area contributed by atoms with E-state index in [-0.39, 0.29) is 10.8 Å². The average molecular weight is 348 g/mol. The van der Waals surface area contributed by atoms with Gasteiger partial charge in [-0.3, -0.25) is 9.52 Å². The minimum atomic E-state index is -3.72. The maximum Gasteiger partial charge on any atom is 0.262 e. The molecule has 2 N–H and O–H groups in total. The molecule has 6 nitrogen and oxygen atoms in total. The summed E-state index contributed by atoms with van der Waals surface area (Å²) < 4.78 is 32.6. The van der Waals surface area contributed by atoms with Gasteiger partial charge < -0.3 is 10.1 Å². The van der Waals surface area contributed by atoms with Crippen molar-refractivity contribution >= 4 is 21.6 Å². The molecule has 0 aromatic heterocycles. The lowest BCUT2D eigenvalue weighted by Gasteiger charge is -2.12. The SMILES string of the molecule is CCNC(=O)c1ccc(NS(=O)(=O)c2ccc(OC)cc2C)cc1. The van der Waals surface area contributed by atoms with Crippen LogP contribution in [-0.4, -0.2) is 28.0 Å². The molecule has 0 heterocycles. The number of carbonyl (C=O) groups is 1. The van der Waals surface area contributed by atoms with Crippen LogP contribution in [0.25, 0.3) is 0 Å². The lowest BCUT2D eigenvalue weighted by Crippen LogP contribution is -2.22. The van der Waals surface area contributed by atoms with E-state index in [4.69, 9.17) is 4.74 Å². The Balaban J connectivity index is 2.22. The Morgan fingerprint density at radius 3 is 2.33 bits per heavy atom. The predicted molar refractivity (Wildman–Crippen MR) is 93.0 cm³/mol. The van der Waals surface area contributed by atoms with Gasteiger partial charge in [-0.05, 0) is 61.9 Å². The van der Waals surface area contributed by atoms with Gasteiger partial charge in [0, 0.05) is 17.8 Å². The molecule has 0 radical (unpaired) electrons. The number of benzene rings is 2. The maximum absolute atomic E-state index is 12.5. The molecule has 0 unspecified atom stereocenters. The third-order valence-corrected chi connectivity index (χ3v) is 4.95. The smallest absolute Gasteiger partial charge is 0.262 e. The number of aryl methyl sites for hydroxylation is 1. The van der Waals surface area contributed by atoms with Gasteiger partial charge in [0.15, 0.2) is 0 Å². The second kappa shape index (κ2) is 7.35. The van der Waals surface area contributed by atoms with Crippen molar-refractivity contribution in [1.82, 2.24) is 5.32 Å². The number of hydrogen-bond donors (Lipinski definition) is 2. The molecule has 0 atom stereocenters. The lowest BCUT2D eigenvalue weighted by atomic mass is 10.2. The van der Waals surface area contributed by atoms with Crippen LogP contribution >= 0.6 is 0 Å². The molecule has 0 fully saturated rings. The van der Waals surface area contributed by atoms with Crippen LogP contribution in [-0.2, 0) is 10.0 Å². The number of nitrogens with one attached hydrogen (secondary N) is 2. The fourth-order valence-corrected chi connectivity index (χ4v) is 3.50. The Bertz CT molecular complexity index is 830. The van der Waals surface area contributed by atoms with Crippen molar-refractivity contribution < 1.29 is 17.9 Å². The highest BCUT2D eigenvalue weighted by molar-refractivity contribution is 7.92. The quantitative estimate of drug-likeness (QED) is 0.840. The second-order valence-corrected chi connectivity index (χ2v) is 6.82. The normalized spacial score (nSPS) is 11.0. The van der Waals surface area contributed by atoms with Crippen molar-refractivity contribution in [2.24, 2.45) is 0 Å². The van der Waals surface area contributed by atoms with Gasteiger partial charge in [-0.1, -0.05) is 0 Å². The standard InChI is InChI=1S/C17H20N2O4S/c1-4-18-17(20)13-5-7-14(8-6-13)19-24(21,22)16-10-9-15(23-3)11-12(16)2/h5-11,19H,4H2,1-3H3,(H,18,20). The zero-order valence-corrected chi connectivity index (χ0v) is 14.6. The number of carbonyl (C=O) groups excluding carboxylic acids is 1. The Hall–Kier alpha value is -2.54. The first kappa shape index (κ1) is 17.8. The van der Waals surface area contributed by atoms with E-state index >= 15 is 0 Å². The van der Waals surface area contributed by atoms with E-state index in [1.165, 1.54) is 13.2 Å². The minimum absolute atomic E-state index is 0.177. The molecule has 7 heteroatoms. The molecule has 24 heavy (non-hydrogen) atoms. The molecule has 0 aliphatic rings. The zero-order valence-electron chi connectivity index (χ0n) is 13.8. The van der Waals surface area contributed by atoms with E-state index in [0.29, 0.717) is 29.1 Å². The predicted octanol–water partition coefficient (Wildman–Crippen LogP) is 2.55. The molecule has 2 aromatic rings. The van der Waals surface area contributed by atoms with Crippen LogP contribution in [0.5, 0.6) is 5.75 Å². The van der Waals surface area contributed by atoms with E-state index in [0.717, 1.165) is 0 Å². The molecule has 1 amide bonds. The van der Waals surface area contributed by atoms with Gasteiger partial charge in [0.1, 0.15) is 5.75 Å². The highest BCUT2D eigenvalue weighted by atomic mass is 32.2. The molecular formula is C17H20N2O4S. The first-order chi connectivity index (χ1) is 11.4. The summed E-state index contributed by atoms with van der Waals surface area (Å²) in [5.74, 6) is 0.399. The highest BCUT2D eigenvalue weighted by Gasteiger charge is 2.17. The Kier molecular flexibility index (Phi) is 5.46. The van der Waals surface area contributed by atoms with Gasteiger partial charge in [0.2, 0.25) is 0 Å². The van der Waals surface area contributed by atoms with Gasteiger partial charge in [0.05, 0.1) is 12.0 Å². The van der Waals surface area contributed by atoms with Crippen molar-refractivity contribution in [3.8, 4) is 5.75 Å². The van der Waals surface area contributed by atoms with Crippen LogP contribution in [0.4, 0.5) is 5.69 Å². The van der Waals surface area contributed by atoms with Gasteiger partial charge in [-0.25, -0.2) is 8.42 Å². The van der Waals surface area contributed by atoms with E-state index < -0.39 is 10.0 Å². The van der Waals surface area contributed by atoms with E-state index in [2.05, 4.69) is 10.0 Å². The molecule has 0 saturated carbocycles. The van der Waals surface area contributed by atoms with E-state index in [9.17, 15) is 13.2 Å². The Morgan fingerprint density at radius 1 is 1.12 bits per heavy atom. The molecule has 2 rings (SSSR count). The van der Waals surface area contributed by atoms with Crippen LogP contribution in [0.2, 0.25) is 0 Å². The average Bonchev–Trinajstić information content (AvgIpc) is 2.55. The molecule has 0 aliphatic heterocycles. The number of amides is 1. The fourth-order valence-electron chi connectivity index (χ4n) is 2.21. The monoisotopic (exact) mass is 348 g/mol. The third-order valence-electron chi connectivity index (χ3n) is 3.41. The summed E-state index contributed by atoms with van der Waals surface area (Å²) in [7, 11) is -2.19. The zero-order chi connectivity index (χ0) is 17.7. The fraction of sp³-hybridized carbons (Fsp3) is 0.235. The number of methoxy groups -OCH3 is 1. The van der Waals surface area contributed by atoms with E-state index in [1.54, 1.807) is 43.3 Å². The summed E-state index contributed by atoms with van der Waals surface area (Å²) in [5.41, 5.74) is 1.44. The van der Waals surface area contributed by atoms with Crippen LogP contribution in [0.15, 0.2) is 47.4 Å². The summed E-state index contributed by atoms with van der Waals surface area (Å²) in [5, 5.41) is 2.68. The largest absolute Gasteiger partial charge is 0.497 e. The van der Waals surface area contributed by atoms with Crippen molar-refractivity contribution in [2.45, 2.75) is 18.7 Å². The van der Waals surface area contributed by atoms with Gasteiger partial charge >= 0.3 is 0 Å². The summed E-state index contributed by atoms with van der Waals surface area (Å²) in [6.07, 6.45) is 0. The van der Waals surface area contributed by atoms with Crippen LogP contribution < -0.4 is 14.8 Å². The number of rotatable bonds is 6. The molecule has 128 valence electrons. The number of hydrogen-bond acceptors (Lipinski definition) is 4. The van der Waals surface area contributed by atoms with Gasteiger partial charge in [-0.2, -0.15) is 0 Å². The van der Waals surface area contributed by atoms with Crippen molar-refractivity contribution in [2.75, 3.05) is 18.4 Å². The number of anilines is 1. The second-order valence-electron chi connectivity index (χ2n) is 5.17. The minimum Gasteiger partial charge on any atom is -0.497 e.